The maximum atomic E-state index is 13.5. The first-order valence-electron chi connectivity index (χ1n) is 7.33. The number of nitrogens with zero attached hydrogens (tertiary/aromatic N) is 1. The third-order valence-electron chi connectivity index (χ3n) is 3.86. The van der Waals surface area contributed by atoms with Gasteiger partial charge >= 0.3 is 0 Å². The predicted octanol–water partition coefficient (Wildman–Crippen LogP) is 3.94. The second kappa shape index (κ2) is 6.54. The average Bonchev–Trinajstić information content (AvgIpc) is 2.31. The Morgan fingerprint density at radius 3 is 2.80 bits per heavy atom. The van der Waals surface area contributed by atoms with Crippen LogP contribution in [0.25, 0.3) is 0 Å². The van der Waals surface area contributed by atoms with Crippen molar-refractivity contribution in [3.05, 3.63) is 34.1 Å². The van der Waals surface area contributed by atoms with E-state index >= 15 is 0 Å². The van der Waals surface area contributed by atoms with Gasteiger partial charge in [0, 0.05) is 35.7 Å². The Balaban J connectivity index is 2.13. The van der Waals surface area contributed by atoms with Crippen LogP contribution in [0.1, 0.15) is 39.2 Å². The topological polar surface area (TPSA) is 15.3 Å². The van der Waals surface area contributed by atoms with Crippen LogP contribution in [0.3, 0.4) is 0 Å². The normalized spacial score (nSPS) is 22.9. The monoisotopic (exact) mass is 342 g/mol. The van der Waals surface area contributed by atoms with Crippen molar-refractivity contribution in [3.63, 3.8) is 0 Å². The van der Waals surface area contributed by atoms with Crippen LogP contribution < -0.4 is 5.32 Å². The molecule has 1 aliphatic rings. The maximum absolute atomic E-state index is 13.5. The minimum absolute atomic E-state index is 0.120. The van der Waals surface area contributed by atoms with Crippen molar-refractivity contribution in [2.24, 2.45) is 0 Å². The molecule has 0 amide bonds. The van der Waals surface area contributed by atoms with Gasteiger partial charge in [0.2, 0.25) is 0 Å². The van der Waals surface area contributed by atoms with Crippen molar-refractivity contribution < 1.29 is 4.39 Å². The van der Waals surface area contributed by atoms with E-state index in [4.69, 9.17) is 0 Å². The molecule has 1 atom stereocenters. The van der Waals surface area contributed by atoms with Gasteiger partial charge in [-0.15, -0.1) is 0 Å². The van der Waals surface area contributed by atoms with E-state index < -0.39 is 0 Å². The lowest BCUT2D eigenvalue weighted by Crippen LogP contribution is -2.61. The molecule has 1 unspecified atom stereocenters. The highest BCUT2D eigenvalue weighted by Crippen LogP contribution is 2.22. The Labute approximate surface area is 129 Å². The van der Waals surface area contributed by atoms with Crippen LogP contribution in [0.15, 0.2) is 22.7 Å². The van der Waals surface area contributed by atoms with Crippen LogP contribution >= 0.6 is 15.9 Å². The molecular formula is C16H24BrFN2. The molecule has 1 aromatic rings. The summed E-state index contributed by atoms with van der Waals surface area (Å²) in [5, 5.41) is 3.61. The lowest BCUT2D eigenvalue weighted by Gasteiger charge is -2.44. The van der Waals surface area contributed by atoms with Crippen LogP contribution in [-0.4, -0.2) is 29.6 Å². The van der Waals surface area contributed by atoms with Crippen LogP contribution in [-0.2, 0) is 6.54 Å². The molecule has 2 nitrogen and oxygen atoms in total. The zero-order valence-electron chi connectivity index (χ0n) is 12.5. The number of hydrogen-bond donors (Lipinski definition) is 1. The summed E-state index contributed by atoms with van der Waals surface area (Å²) in [5.41, 5.74) is 1.16. The molecule has 1 fully saturated rings. The first-order valence-corrected chi connectivity index (χ1v) is 8.13. The third kappa shape index (κ3) is 4.27. The molecule has 1 N–H and O–H groups in total. The molecule has 0 aromatic heterocycles. The van der Waals surface area contributed by atoms with E-state index in [0.717, 1.165) is 29.7 Å². The highest BCUT2D eigenvalue weighted by molar-refractivity contribution is 9.10. The molecule has 4 heteroatoms. The van der Waals surface area contributed by atoms with E-state index in [0.29, 0.717) is 6.04 Å². The standard InChI is InChI=1S/C16H24BrFN2/c1-4-5-15-9-19-16(2,3)11-20(15)10-12-6-13(17)8-14(18)7-12/h6-8,15,19H,4-5,9-11H2,1-3H3. The predicted molar refractivity (Wildman–Crippen MR) is 85.3 cm³/mol. The summed E-state index contributed by atoms with van der Waals surface area (Å²) in [4.78, 5) is 2.49. The van der Waals surface area contributed by atoms with Gasteiger partial charge in [-0.05, 0) is 44.0 Å². The Kier molecular flexibility index (Phi) is 5.21. The van der Waals surface area contributed by atoms with Gasteiger partial charge in [0.1, 0.15) is 5.82 Å². The fourth-order valence-corrected chi connectivity index (χ4v) is 3.47. The van der Waals surface area contributed by atoms with E-state index in [1.165, 1.54) is 18.9 Å². The van der Waals surface area contributed by atoms with E-state index in [1.807, 2.05) is 6.07 Å². The lowest BCUT2D eigenvalue weighted by molar-refractivity contribution is 0.0826. The zero-order valence-corrected chi connectivity index (χ0v) is 14.1. The van der Waals surface area contributed by atoms with E-state index in [-0.39, 0.29) is 11.4 Å². The largest absolute Gasteiger partial charge is 0.309 e. The second-order valence-electron chi connectivity index (χ2n) is 6.39. The quantitative estimate of drug-likeness (QED) is 0.891. The van der Waals surface area contributed by atoms with Crippen molar-refractivity contribution in [3.8, 4) is 0 Å². The van der Waals surface area contributed by atoms with Gasteiger partial charge in [-0.2, -0.15) is 0 Å². The summed E-state index contributed by atoms with van der Waals surface area (Å²) in [6.45, 7) is 9.49. The molecule has 0 aliphatic carbocycles. The van der Waals surface area contributed by atoms with Gasteiger partial charge < -0.3 is 5.32 Å². The zero-order chi connectivity index (χ0) is 14.8. The molecule has 112 valence electrons. The molecule has 0 radical (unpaired) electrons. The minimum Gasteiger partial charge on any atom is -0.309 e. The average molecular weight is 343 g/mol. The Morgan fingerprint density at radius 1 is 1.40 bits per heavy atom. The summed E-state index contributed by atoms with van der Waals surface area (Å²) in [6.07, 6.45) is 2.36. The van der Waals surface area contributed by atoms with Crippen molar-refractivity contribution in [1.29, 1.82) is 0 Å². The van der Waals surface area contributed by atoms with Gasteiger partial charge in [0.15, 0.2) is 0 Å². The van der Waals surface area contributed by atoms with Crippen LogP contribution in [0.5, 0.6) is 0 Å². The Hall–Kier alpha value is -0.450. The molecule has 0 spiro atoms. The molecule has 1 aliphatic heterocycles. The number of hydrogen-bond acceptors (Lipinski definition) is 2. The summed E-state index contributed by atoms with van der Waals surface area (Å²) >= 11 is 3.38. The SMILES string of the molecule is CCCC1CNC(C)(C)CN1Cc1cc(F)cc(Br)c1. The Morgan fingerprint density at radius 2 is 2.15 bits per heavy atom. The van der Waals surface area contributed by atoms with Gasteiger partial charge in [-0.1, -0.05) is 29.3 Å². The van der Waals surface area contributed by atoms with Crippen LogP contribution in [0.2, 0.25) is 0 Å². The molecule has 0 bridgehead atoms. The van der Waals surface area contributed by atoms with Gasteiger partial charge in [0.05, 0.1) is 0 Å². The maximum Gasteiger partial charge on any atom is 0.124 e. The third-order valence-corrected chi connectivity index (χ3v) is 4.32. The fraction of sp³-hybridized carbons (Fsp3) is 0.625. The lowest BCUT2D eigenvalue weighted by atomic mass is 9.96. The van der Waals surface area contributed by atoms with Crippen molar-refractivity contribution >= 4 is 15.9 Å². The number of benzene rings is 1. The molecular weight excluding hydrogens is 319 g/mol. The van der Waals surface area contributed by atoms with Crippen molar-refractivity contribution in [2.45, 2.75) is 51.7 Å². The van der Waals surface area contributed by atoms with E-state index in [9.17, 15) is 4.39 Å². The van der Waals surface area contributed by atoms with Crippen molar-refractivity contribution in [2.75, 3.05) is 13.1 Å². The van der Waals surface area contributed by atoms with Gasteiger partial charge in [-0.3, -0.25) is 4.90 Å². The summed E-state index contributed by atoms with van der Waals surface area (Å²) in [5.74, 6) is -0.171. The summed E-state index contributed by atoms with van der Waals surface area (Å²) in [7, 11) is 0. The second-order valence-corrected chi connectivity index (χ2v) is 7.31. The fourth-order valence-electron chi connectivity index (χ4n) is 2.96. The van der Waals surface area contributed by atoms with Crippen LogP contribution in [0, 0.1) is 5.82 Å². The molecule has 20 heavy (non-hydrogen) atoms. The highest BCUT2D eigenvalue weighted by atomic mass is 79.9. The molecule has 0 saturated carbocycles. The van der Waals surface area contributed by atoms with Crippen molar-refractivity contribution in [1.82, 2.24) is 10.2 Å². The number of halogens is 2. The number of rotatable bonds is 4. The first-order chi connectivity index (χ1) is 9.39. The van der Waals surface area contributed by atoms with E-state index in [2.05, 4.69) is 46.9 Å². The number of piperazine rings is 1. The molecule has 1 aromatic carbocycles. The smallest absolute Gasteiger partial charge is 0.124 e. The van der Waals surface area contributed by atoms with E-state index in [1.54, 1.807) is 6.07 Å². The Bertz CT molecular complexity index is 442. The van der Waals surface area contributed by atoms with Gasteiger partial charge in [-0.25, -0.2) is 4.39 Å². The molecule has 1 heterocycles. The highest BCUT2D eigenvalue weighted by Gasteiger charge is 2.31. The first kappa shape index (κ1) is 15.9. The molecule has 2 rings (SSSR count). The molecule has 1 saturated heterocycles. The van der Waals surface area contributed by atoms with Crippen LogP contribution in [0.4, 0.5) is 4.39 Å². The van der Waals surface area contributed by atoms with Gasteiger partial charge in [0.25, 0.3) is 0 Å². The number of nitrogens with one attached hydrogen (secondary N) is 1. The summed E-state index contributed by atoms with van der Waals surface area (Å²) < 4.78 is 14.3. The minimum atomic E-state index is -0.171. The summed E-state index contributed by atoms with van der Waals surface area (Å²) in [6, 6.07) is 5.70.